The summed E-state index contributed by atoms with van der Waals surface area (Å²) in [6.45, 7) is 0.272. The molecule has 162 valence electrons. The molecule has 8 nitrogen and oxygen atoms in total. The summed E-state index contributed by atoms with van der Waals surface area (Å²) < 4.78 is 12.1. The van der Waals surface area contributed by atoms with Crippen molar-refractivity contribution in [3.8, 4) is 28.4 Å². The van der Waals surface area contributed by atoms with E-state index in [2.05, 4.69) is 20.6 Å². The van der Waals surface area contributed by atoms with Crippen molar-refractivity contribution in [2.24, 2.45) is 0 Å². The van der Waals surface area contributed by atoms with Crippen LogP contribution in [0.2, 0.25) is 5.02 Å². The number of rotatable bonds is 7. The van der Waals surface area contributed by atoms with E-state index in [0.29, 0.717) is 27.9 Å². The van der Waals surface area contributed by atoms with Gasteiger partial charge in [-0.1, -0.05) is 35.0 Å². The second kappa shape index (κ2) is 9.49. The molecule has 0 aliphatic carbocycles. The van der Waals surface area contributed by atoms with Crippen molar-refractivity contribution < 1.29 is 14.3 Å². The van der Waals surface area contributed by atoms with Gasteiger partial charge in [-0.25, -0.2) is 4.68 Å². The molecule has 4 rings (SSSR count). The fourth-order valence-electron chi connectivity index (χ4n) is 3.25. The standard InChI is InChI=1S/C23H20ClN5O3/c1-31-19-8-7-15(13-20(19)32-2)14-26-23(30)21-22(16-9-11-25-12-10-16)29(28-27-21)18-6-4-3-5-17(18)24/h3-13H,14H2,1-2H3,(H,26,30). The molecule has 0 fully saturated rings. The largest absolute Gasteiger partial charge is 0.493 e. The molecule has 0 aliphatic heterocycles. The van der Waals surface area contributed by atoms with Gasteiger partial charge in [-0.2, -0.15) is 0 Å². The maximum atomic E-state index is 13.1. The predicted molar refractivity (Wildman–Crippen MR) is 120 cm³/mol. The first-order chi connectivity index (χ1) is 15.6. The zero-order valence-electron chi connectivity index (χ0n) is 17.4. The van der Waals surface area contributed by atoms with Gasteiger partial charge in [0, 0.05) is 24.5 Å². The van der Waals surface area contributed by atoms with Crippen molar-refractivity contribution in [1.82, 2.24) is 25.3 Å². The number of carbonyl (C=O) groups excluding carboxylic acids is 1. The van der Waals surface area contributed by atoms with Crippen LogP contribution < -0.4 is 14.8 Å². The summed E-state index contributed by atoms with van der Waals surface area (Å²) >= 11 is 6.38. The fraction of sp³-hybridized carbons (Fsp3) is 0.130. The van der Waals surface area contributed by atoms with Crippen LogP contribution >= 0.6 is 11.6 Å². The normalized spacial score (nSPS) is 10.6. The van der Waals surface area contributed by atoms with E-state index in [4.69, 9.17) is 21.1 Å². The molecule has 0 radical (unpaired) electrons. The van der Waals surface area contributed by atoms with E-state index in [1.54, 1.807) is 55.6 Å². The zero-order valence-corrected chi connectivity index (χ0v) is 18.2. The molecule has 0 unspecified atom stereocenters. The fourth-order valence-corrected chi connectivity index (χ4v) is 3.47. The molecule has 0 saturated carbocycles. The van der Waals surface area contributed by atoms with Gasteiger partial charge in [0.1, 0.15) is 5.69 Å². The van der Waals surface area contributed by atoms with E-state index in [9.17, 15) is 4.79 Å². The number of methoxy groups -OCH3 is 2. The van der Waals surface area contributed by atoms with Crippen molar-refractivity contribution in [1.29, 1.82) is 0 Å². The van der Waals surface area contributed by atoms with Gasteiger partial charge in [0.25, 0.3) is 5.91 Å². The minimum atomic E-state index is -0.370. The number of carbonyl (C=O) groups is 1. The molecule has 2 heterocycles. The number of amides is 1. The quantitative estimate of drug-likeness (QED) is 0.459. The van der Waals surface area contributed by atoms with Crippen LogP contribution in [-0.4, -0.2) is 40.1 Å². The molecule has 0 saturated heterocycles. The first-order valence-electron chi connectivity index (χ1n) is 9.72. The van der Waals surface area contributed by atoms with Crippen LogP contribution in [0.5, 0.6) is 11.5 Å². The van der Waals surface area contributed by atoms with Gasteiger partial charge in [-0.3, -0.25) is 9.78 Å². The highest BCUT2D eigenvalue weighted by Gasteiger charge is 2.23. The predicted octanol–water partition coefficient (Wildman–Crippen LogP) is 3.93. The second-order valence-electron chi connectivity index (χ2n) is 6.76. The number of para-hydroxylation sites is 1. The molecule has 32 heavy (non-hydrogen) atoms. The Balaban J connectivity index is 1.66. The van der Waals surface area contributed by atoms with E-state index in [1.165, 1.54) is 0 Å². The number of hydrogen-bond acceptors (Lipinski definition) is 6. The first kappa shape index (κ1) is 21.3. The number of nitrogens with one attached hydrogen (secondary N) is 1. The topological polar surface area (TPSA) is 91.2 Å². The molecule has 2 aromatic carbocycles. The summed E-state index contributed by atoms with van der Waals surface area (Å²) in [5.74, 6) is 0.830. The van der Waals surface area contributed by atoms with E-state index in [1.807, 2.05) is 30.3 Å². The first-order valence-corrected chi connectivity index (χ1v) is 10.1. The maximum Gasteiger partial charge on any atom is 0.274 e. The van der Waals surface area contributed by atoms with E-state index in [0.717, 1.165) is 11.1 Å². The van der Waals surface area contributed by atoms with Crippen LogP contribution in [0.4, 0.5) is 0 Å². The number of benzene rings is 2. The lowest BCUT2D eigenvalue weighted by molar-refractivity contribution is 0.0946. The summed E-state index contributed by atoms with van der Waals surface area (Å²) in [4.78, 5) is 17.1. The van der Waals surface area contributed by atoms with Gasteiger partial charge in [0.15, 0.2) is 17.2 Å². The summed E-state index contributed by atoms with van der Waals surface area (Å²) in [6.07, 6.45) is 3.29. The Kier molecular flexibility index (Phi) is 6.32. The minimum absolute atomic E-state index is 0.177. The number of aromatic nitrogens is 4. The van der Waals surface area contributed by atoms with Gasteiger partial charge < -0.3 is 14.8 Å². The molecule has 2 aromatic heterocycles. The lowest BCUT2D eigenvalue weighted by Crippen LogP contribution is -2.24. The molecule has 0 spiro atoms. The average molecular weight is 450 g/mol. The highest BCUT2D eigenvalue weighted by molar-refractivity contribution is 6.32. The Morgan fingerprint density at radius 1 is 1.03 bits per heavy atom. The Bertz CT molecular complexity index is 1240. The van der Waals surface area contributed by atoms with E-state index < -0.39 is 0 Å². The van der Waals surface area contributed by atoms with Gasteiger partial charge in [-0.05, 0) is 42.0 Å². The van der Waals surface area contributed by atoms with Crippen LogP contribution in [0.1, 0.15) is 16.1 Å². The van der Waals surface area contributed by atoms with Gasteiger partial charge >= 0.3 is 0 Å². The number of ether oxygens (including phenoxy) is 2. The molecule has 9 heteroatoms. The molecule has 0 bridgehead atoms. The third kappa shape index (κ3) is 4.26. The summed E-state index contributed by atoms with van der Waals surface area (Å²) in [5, 5.41) is 11.8. The molecular formula is C23H20ClN5O3. The smallest absolute Gasteiger partial charge is 0.274 e. The van der Waals surface area contributed by atoms with Crippen LogP contribution in [0.15, 0.2) is 67.0 Å². The van der Waals surface area contributed by atoms with E-state index in [-0.39, 0.29) is 18.1 Å². The summed E-state index contributed by atoms with van der Waals surface area (Å²) in [6, 6.07) is 16.3. The van der Waals surface area contributed by atoms with Crippen molar-refractivity contribution in [2.45, 2.75) is 6.54 Å². The third-order valence-corrected chi connectivity index (χ3v) is 5.14. The SMILES string of the molecule is COc1ccc(CNC(=O)c2nnn(-c3ccccc3Cl)c2-c2ccncc2)cc1OC. The summed E-state index contributed by atoms with van der Waals surface area (Å²) in [7, 11) is 3.14. The Morgan fingerprint density at radius 3 is 2.50 bits per heavy atom. The molecule has 1 N–H and O–H groups in total. The van der Waals surface area contributed by atoms with Crippen molar-refractivity contribution in [2.75, 3.05) is 14.2 Å². The maximum absolute atomic E-state index is 13.1. The minimum Gasteiger partial charge on any atom is -0.493 e. The average Bonchev–Trinajstić information content (AvgIpc) is 3.28. The van der Waals surface area contributed by atoms with Gasteiger partial charge in [-0.15, -0.1) is 5.10 Å². The number of hydrogen-bond donors (Lipinski definition) is 1. The Labute approximate surface area is 189 Å². The highest BCUT2D eigenvalue weighted by Crippen LogP contribution is 2.29. The lowest BCUT2D eigenvalue weighted by atomic mass is 10.1. The van der Waals surface area contributed by atoms with E-state index >= 15 is 0 Å². The van der Waals surface area contributed by atoms with Crippen LogP contribution in [0.25, 0.3) is 16.9 Å². The lowest BCUT2D eigenvalue weighted by Gasteiger charge is -2.11. The van der Waals surface area contributed by atoms with Crippen LogP contribution in [0, 0.1) is 0 Å². The monoisotopic (exact) mass is 449 g/mol. The number of pyridine rings is 1. The zero-order chi connectivity index (χ0) is 22.5. The second-order valence-corrected chi connectivity index (χ2v) is 7.16. The van der Waals surface area contributed by atoms with Crippen molar-refractivity contribution >= 4 is 17.5 Å². The number of halogens is 1. The van der Waals surface area contributed by atoms with Crippen LogP contribution in [0.3, 0.4) is 0 Å². The molecule has 4 aromatic rings. The van der Waals surface area contributed by atoms with Crippen molar-refractivity contribution in [3.05, 3.63) is 83.3 Å². The molecule has 1 amide bonds. The Hall–Kier alpha value is -3.91. The molecule has 0 aliphatic rings. The third-order valence-electron chi connectivity index (χ3n) is 4.82. The molecule has 0 atom stereocenters. The summed E-state index contributed by atoms with van der Waals surface area (Å²) in [5.41, 5.74) is 2.90. The van der Waals surface area contributed by atoms with Crippen LogP contribution in [-0.2, 0) is 6.54 Å². The molecular weight excluding hydrogens is 430 g/mol. The van der Waals surface area contributed by atoms with Gasteiger partial charge in [0.05, 0.1) is 24.9 Å². The Morgan fingerprint density at radius 2 is 1.78 bits per heavy atom. The number of nitrogens with zero attached hydrogens (tertiary/aromatic N) is 4. The van der Waals surface area contributed by atoms with Gasteiger partial charge in [0.2, 0.25) is 0 Å². The highest BCUT2D eigenvalue weighted by atomic mass is 35.5. The van der Waals surface area contributed by atoms with Crippen molar-refractivity contribution in [3.63, 3.8) is 0 Å².